The molecule has 0 bridgehead atoms. The molecule has 1 saturated carbocycles. The van der Waals surface area contributed by atoms with Gasteiger partial charge in [0.1, 0.15) is 0 Å². The molecule has 1 aliphatic rings. The Balaban J connectivity index is 0.000000221. The van der Waals surface area contributed by atoms with E-state index in [1.165, 1.54) is 6.42 Å². The van der Waals surface area contributed by atoms with Crippen LogP contribution in [-0.2, 0) is 4.79 Å². The molecule has 1 fully saturated rings. The van der Waals surface area contributed by atoms with Crippen LogP contribution < -0.4 is 0 Å². The molecule has 3 rings (SSSR count). The third-order valence-electron chi connectivity index (χ3n) is 5.03. The lowest BCUT2D eigenvalue weighted by atomic mass is 9.85. The number of hydrogen-bond donors (Lipinski definition) is 3. The minimum Gasteiger partial charge on any atom is -0.479 e. The van der Waals surface area contributed by atoms with E-state index >= 15 is 0 Å². The summed E-state index contributed by atoms with van der Waals surface area (Å²) in [6, 6.07) is 8.86. The van der Waals surface area contributed by atoms with Gasteiger partial charge in [0.2, 0.25) is 0 Å². The monoisotopic (exact) mass is 424 g/mol. The van der Waals surface area contributed by atoms with Crippen LogP contribution in [0.1, 0.15) is 65.7 Å². The number of hydrogen-bond acceptors (Lipinski definition) is 4. The van der Waals surface area contributed by atoms with E-state index in [1.54, 1.807) is 29.5 Å². The Morgan fingerprint density at radius 3 is 2.36 bits per heavy atom. The van der Waals surface area contributed by atoms with Crippen LogP contribution in [-0.4, -0.2) is 33.4 Å². The molecule has 152 valence electrons. The predicted molar refractivity (Wildman–Crippen MR) is 110 cm³/mol. The molecule has 1 unspecified atom stereocenters. The van der Waals surface area contributed by atoms with Gasteiger partial charge in [-0.1, -0.05) is 43.9 Å². The molecular formula is C21H25ClO5S. The molecule has 0 spiro atoms. The summed E-state index contributed by atoms with van der Waals surface area (Å²) in [5, 5.41) is 29.3. The Labute approximate surface area is 173 Å². The van der Waals surface area contributed by atoms with E-state index in [0.29, 0.717) is 10.6 Å². The molecule has 1 aliphatic carbocycles. The van der Waals surface area contributed by atoms with Gasteiger partial charge >= 0.3 is 11.9 Å². The highest BCUT2D eigenvalue weighted by Crippen LogP contribution is 2.31. The highest BCUT2D eigenvalue weighted by molar-refractivity contribution is 7.10. The normalized spacial score (nSPS) is 16.5. The topological polar surface area (TPSA) is 94.8 Å². The van der Waals surface area contributed by atoms with Crippen molar-refractivity contribution in [3.8, 4) is 0 Å². The molecular weight excluding hydrogens is 400 g/mol. The van der Waals surface area contributed by atoms with Gasteiger partial charge in [-0.15, -0.1) is 11.3 Å². The van der Waals surface area contributed by atoms with E-state index in [0.717, 1.165) is 36.1 Å². The van der Waals surface area contributed by atoms with Gasteiger partial charge in [-0.25, -0.2) is 9.59 Å². The smallest absolute Gasteiger partial charge is 0.335 e. The van der Waals surface area contributed by atoms with Crippen molar-refractivity contribution in [1.82, 2.24) is 0 Å². The third kappa shape index (κ3) is 6.06. The zero-order chi connectivity index (χ0) is 20.7. The molecule has 1 aromatic heterocycles. The number of aliphatic carboxylic acids is 1. The summed E-state index contributed by atoms with van der Waals surface area (Å²) < 4.78 is 0. The van der Waals surface area contributed by atoms with Gasteiger partial charge in [-0.05, 0) is 54.0 Å². The number of carboxylic acids is 2. The fourth-order valence-corrected chi connectivity index (χ4v) is 4.41. The van der Waals surface area contributed by atoms with E-state index in [9.17, 15) is 9.59 Å². The fraction of sp³-hybridized carbons (Fsp3) is 0.429. The number of carbonyl (C=O) groups is 2. The van der Waals surface area contributed by atoms with Gasteiger partial charge in [-0.3, -0.25) is 0 Å². The zero-order valence-electron chi connectivity index (χ0n) is 15.7. The Kier molecular flexibility index (Phi) is 8.48. The summed E-state index contributed by atoms with van der Waals surface area (Å²) in [4.78, 5) is 22.6. The Hall–Kier alpha value is -1.89. The first-order valence-electron chi connectivity index (χ1n) is 9.28. The molecule has 7 heteroatoms. The van der Waals surface area contributed by atoms with E-state index in [2.05, 4.69) is 0 Å². The van der Waals surface area contributed by atoms with E-state index < -0.39 is 18.0 Å². The number of rotatable bonds is 5. The molecule has 0 amide bonds. The second-order valence-corrected chi connectivity index (χ2v) is 8.37. The Morgan fingerprint density at radius 1 is 1.14 bits per heavy atom. The highest BCUT2D eigenvalue weighted by atomic mass is 35.5. The number of benzene rings is 1. The predicted octanol–water partition coefficient (Wildman–Crippen LogP) is 5.26. The molecule has 5 nitrogen and oxygen atoms in total. The molecule has 3 N–H and O–H groups in total. The molecule has 2 aromatic rings. The minimum atomic E-state index is -1.13. The van der Waals surface area contributed by atoms with Crippen molar-refractivity contribution in [2.45, 2.75) is 51.0 Å². The van der Waals surface area contributed by atoms with Crippen molar-refractivity contribution in [2.75, 3.05) is 0 Å². The first kappa shape index (κ1) is 22.4. The van der Waals surface area contributed by atoms with Crippen molar-refractivity contribution in [2.24, 2.45) is 5.92 Å². The highest BCUT2D eigenvalue weighted by Gasteiger charge is 2.26. The largest absolute Gasteiger partial charge is 0.479 e. The van der Waals surface area contributed by atoms with Crippen LogP contribution in [0.15, 0.2) is 35.7 Å². The summed E-state index contributed by atoms with van der Waals surface area (Å²) in [6.45, 7) is 1.99. The number of aliphatic hydroxyl groups excluding tert-OH is 1. The number of aliphatic hydroxyl groups is 1. The standard InChI is InChI=1S/C13H11ClO2S.C8H14O3/c1-8(12-3-2-6-17-12)11-7-9(14)4-5-10(11)13(15)16;9-7(8(10)11)6-4-2-1-3-5-6/h2-8H,1H3,(H,15,16);6-7,9H,1-5H2,(H,10,11)/t;7-/m.1/s1. The second kappa shape index (κ2) is 10.6. The molecule has 0 saturated heterocycles. The van der Waals surface area contributed by atoms with Gasteiger partial charge in [0, 0.05) is 15.8 Å². The van der Waals surface area contributed by atoms with Crippen LogP contribution in [0.25, 0.3) is 0 Å². The number of thiophene rings is 1. The quantitative estimate of drug-likeness (QED) is 0.608. The lowest BCUT2D eigenvalue weighted by Gasteiger charge is -2.23. The molecule has 1 heterocycles. The second-order valence-electron chi connectivity index (χ2n) is 6.95. The maximum Gasteiger partial charge on any atom is 0.335 e. The van der Waals surface area contributed by atoms with Crippen molar-refractivity contribution in [1.29, 1.82) is 0 Å². The molecule has 28 heavy (non-hydrogen) atoms. The minimum absolute atomic E-state index is 0.00116. The van der Waals surface area contributed by atoms with E-state index in [1.807, 2.05) is 24.4 Å². The van der Waals surface area contributed by atoms with Crippen molar-refractivity contribution in [3.63, 3.8) is 0 Å². The van der Waals surface area contributed by atoms with Crippen molar-refractivity contribution >= 4 is 34.9 Å². The number of halogens is 1. The average Bonchev–Trinajstić information content (AvgIpc) is 3.22. The SMILES string of the molecule is CC(c1cccs1)c1cc(Cl)ccc1C(=O)O.O=C(O)[C@H](O)C1CCCCC1. The van der Waals surface area contributed by atoms with Crippen LogP contribution in [0.2, 0.25) is 5.02 Å². The maximum atomic E-state index is 11.2. The van der Waals surface area contributed by atoms with Gasteiger partial charge in [-0.2, -0.15) is 0 Å². The first-order chi connectivity index (χ1) is 13.3. The van der Waals surface area contributed by atoms with Crippen molar-refractivity contribution in [3.05, 3.63) is 56.7 Å². The van der Waals surface area contributed by atoms with Crippen LogP contribution in [0.4, 0.5) is 0 Å². The van der Waals surface area contributed by atoms with Gasteiger partial charge in [0.25, 0.3) is 0 Å². The van der Waals surface area contributed by atoms with Gasteiger partial charge in [0.05, 0.1) is 5.56 Å². The summed E-state index contributed by atoms with van der Waals surface area (Å²) in [5.74, 6) is -1.95. The van der Waals surface area contributed by atoms with Gasteiger partial charge < -0.3 is 15.3 Å². The molecule has 1 aromatic carbocycles. The number of carboxylic acid groups (broad SMARTS) is 2. The summed E-state index contributed by atoms with van der Waals surface area (Å²) in [6.07, 6.45) is 3.92. The lowest BCUT2D eigenvalue weighted by Crippen LogP contribution is -2.30. The molecule has 0 radical (unpaired) electrons. The van der Waals surface area contributed by atoms with Crippen LogP contribution >= 0.6 is 22.9 Å². The van der Waals surface area contributed by atoms with Crippen LogP contribution in [0.3, 0.4) is 0 Å². The average molecular weight is 425 g/mol. The summed E-state index contributed by atoms with van der Waals surface area (Å²) in [5.41, 5.74) is 1.07. The zero-order valence-corrected chi connectivity index (χ0v) is 17.2. The molecule has 2 atom stereocenters. The number of aromatic carboxylic acids is 1. The van der Waals surface area contributed by atoms with E-state index in [-0.39, 0.29) is 11.8 Å². The van der Waals surface area contributed by atoms with Crippen molar-refractivity contribution < 1.29 is 24.9 Å². The maximum absolute atomic E-state index is 11.2. The summed E-state index contributed by atoms with van der Waals surface area (Å²) >= 11 is 7.55. The van der Waals surface area contributed by atoms with E-state index in [4.69, 9.17) is 26.9 Å². The molecule has 0 aliphatic heterocycles. The lowest BCUT2D eigenvalue weighted by molar-refractivity contribution is -0.150. The third-order valence-corrected chi connectivity index (χ3v) is 6.32. The van der Waals surface area contributed by atoms with Gasteiger partial charge in [0.15, 0.2) is 6.10 Å². The summed E-state index contributed by atoms with van der Waals surface area (Å²) in [7, 11) is 0. The Morgan fingerprint density at radius 2 is 1.82 bits per heavy atom. The Bertz CT molecular complexity index is 784. The fourth-order valence-electron chi connectivity index (χ4n) is 3.43. The van der Waals surface area contributed by atoms with Crippen LogP contribution in [0, 0.1) is 5.92 Å². The van der Waals surface area contributed by atoms with Crippen LogP contribution in [0.5, 0.6) is 0 Å². The first-order valence-corrected chi connectivity index (χ1v) is 10.5.